The van der Waals surface area contributed by atoms with Gasteiger partial charge >= 0.3 is 0 Å². The molecule has 1 N–H and O–H groups in total. The molecular weight excluding hydrogens is 432 g/mol. The lowest BCUT2D eigenvalue weighted by Gasteiger charge is -2.28. The number of carbonyl (C=O) groups is 1. The van der Waals surface area contributed by atoms with Gasteiger partial charge in [-0.15, -0.1) is 11.3 Å². The number of carbonyl (C=O) groups excluding carboxylic acids is 1. The third-order valence-electron chi connectivity index (χ3n) is 5.86. The molecule has 31 heavy (non-hydrogen) atoms. The van der Waals surface area contributed by atoms with E-state index in [9.17, 15) is 9.59 Å². The molecule has 1 aliphatic rings. The van der Waals surface area contributed by atoms with Gasteiger partial charge in [0, 0.05) is 18.5 Å². The number of nitrogens with one attached hydrogen (secondary N) is 1. The minimum absolute atomic E-state index is 0.00766. The predicted octanol–water partition coefficient (Wildman–Crippen LogP) is 3.37. The van der Waals surface area contributed by atoms with Crippen LogP contribution in [-0.4, -0.2) is 45.7 Å². The summed E-state index contributed by atoms with van der Waals surface area (Å²) in [5.41, 5.74) is 1.18. The monoisotopic (exact) mass is 460 g/mol. The molecule has 0 unspecified atom stereocenters. The van der Waals surface area contributed by atoms with Gasteiger partial charge in [-0.05, 0) is 50.0 Å². The Morgan fingerprint density at radius 2 is 2.19 bits per heavy atom. The van der Waals surface area contributed by atoms with E-state index in [1.54, 1.807) is 29.2 Å². The summed E-state index contributed by atoms with van der Waals surface area (Å²) in [5, 5.41) is 4.37. The number of amides is 1. The Kier molecular flexibility index (Phi) is 6.83. The second kappa shape index (κ2) is 9.58. The summed E-state index contributed by atoms with van der Waals surface area (Å²) in [6.45, 7) is 6.39. The van der Waals surface area contributed by atoms with Crippen LogP contribution in [0.2, 0.25) is 0 Å². The van der Waals surface area contributed by atoms with Gasteiger partial charge in [0.15, 0.2) is 5.16 Å². The molecule has 166 valence electrons. The Hall–Kier alpha value is -2.10. The number of nitrogens with zero attached hydrogens (tertiary/aromatic N) is 3. The van der Waals surface area contributed by atoms with E-state index >= 15 is 0 Å². The van der Waals surface area contributed by atoms with Crippen molar-refractivity contribution in [2.45, 2.75) is 44.3 Å². The van der Waals surface area contributed by atoms with Crippen molar-refractivity contribution in [3.8, 4) is 0 Å². The fourth-order valence-electron chi connectivity index (χ4n) is 4.18. The second-order valence-electron chi connectivity index (χ2n) is 7.64. The van der Waals surface area contributed by atoms with E-state index in [4.69, 9.17) is 9.40 Å². The van der Waals surface area contributed by atoms with E-state index in [1.807, 2.05) is 12.1 Å². The van der Waals surface area contributed by atoms with Crippen molar-refractivity contribution in [3.63, 3.8) is 0 Å². The maximum atomic E-state index is 12.9. The number of fused-ring (bicyclic) bond motifs is 3. The van der Waals surface area contributed by atoms with Crippen LogP contribution in [0.15, 0.2) is 32.8 Å². The van der Waals surface area contributed by atoms with Gasteiger partial charge in [-0.25, -0.2) is 4.98 Å². The van der Waals surface area contributed by atoms with Crippen LogP contribution in [0.3, 0.4) is 0 Å². The number of likely N-dealkylation sites (N-methyl/N-ethyl adjacent to an activating group) is 1. The van der Waals surface area contributed by atoms with E-state index in [1.165, 1.54) is 22.2 Å². The number of rotatable bonds is 9. The molecule has 0 saturated carbocycles. The molecule has 0 saturated heterocycles. The van der Waals surface area contributed by atoms with Gasteiger partial charge in [0.2, 0.25) is 5.91 Å². The first-order valence-corrected chi connectivity index (χ1v) is 12.5. The third-order valence-corrected chi connectivity index (χ3v) is 8.07. The van der Waals surface area contributed by atoms with Crippen LogP contribution in [0.5, 0.6) is 0 Å². The first kappa shape index (κ1) is 22.1. The van der Waals surface area contributed by atoms with Gasteiger partial charge in [-0.1, -0.05) is 25.6 Å². The average molecular weight is 461 g/mol. The molecule has 4 rings (SSSR count). The van der Waals surface area contributed by atoms with Crippen molar-refractivity contribution in [2.24, 2.45) is 7.05 Å². The van der Waals surface area contributed by atoms with Crippen LogP contribution in [0.4, 0.5) is 0 Å². The Bertz CT molecular complexity index is 1120. The zero-order chi connectivity index (χ0) is 22.0. The van der Waals surface area contributed by atoms with Crippen LogP contribution in [0, 0.1) is 0 Å². The molecule has 1 aliphatic carbocycles. The lowest BCUT2D eigenvalue weighted by molar-refractivity contribution is -0.118. The number of aryl methyl sites for hydroxylation is 2. The average Bonchev–Trinajstić information content (AvgIpc) is 3.50. The van der Waals surface area contributed by atoms with Crippen LogP contribution in [-0.2, 0) is 24.7 Å². The lowest BCUT2D eigenvalue weighted by atomic mass is 10.2. The van der Waals surface area contributed by atoms with Gasteiger partial charge in [0.05, 0.1) is 23.4 Å². The van der Waals surface area contributed by atoms with Crippen LogP contribution in [0.25, 0.3) is 10.2 Å². The van der Waals surface area contributed by atoms with Gasteiger partial charge in [0.25, 0.3) is 5.56 Å². The van der Waals surface area contributed by atoms with E-state index in [0.717, 1.165) is 48.3 Å². The molecule has 0 aromatic carbocycles. The number of furan rings is 1. The number of thiophene rings is 1. The standard InChI is InChI=1S/C22H28N4O3S2/c1-4-26(5-2)15(16-9-7-11-29-16)12-23-18(27)13-30-22-24-20-19(21(28)25(22)3)14-8-6-10-17(14)31-20/h7,9,11,15H,4-6,8,10,12-13H2,1-3H3,(H,23,27)/t15-/m1/s1. The molecular formula is C22H28N4O3S2. The molecule has 9 heteroatoms. The van der Waals surface area contributed by atoms with Crippen molar-refractivity contribution >= 4 is 39.2 Å². The predicted molar refractivity (Wildman–Crippen MR) is 125 cm³/mol. The summed E-state index contributed by atoms with van der Waals surface area (Å²) in [7, 11) is 1.74. The van der Waals surface area contributed by atoms with Crippen LogP contribution >= 0.6 is 23.1 Å². The number of aromatic nitrogens is 2. The Labute approximate surface area is 189 Å². The Morgan fingerprint density at radius 3 is 2.90 bits per heavy atom. The summed E-state index contributed by atoms with van der Waals surface area (Å²) in [6, 6.07) is 3.80. The normalized spacial score (nSPS) is 14.3. The highest BCUT2D eigenvalue weighted by atomic mass is 32.2. The van der Waals surface area contributed by atoms with E-state index in [0.29, 0.717) is 11.7 Å². The quantitative estimate of drug-likeness (QED) is 0.390. The largest absolute Gasteiger partial charge is 0.468 e. The SMILES string of the molecule is CCN(CC)[C@H](CNC(=O)CSc1nc2sc3c(c2c(=O)n1C)CCC3)c1ccco1. The van der Waals surface area contributed by atoms with Gasteiger partial charge < -0.3 is 9.73 Å². The van der Waals surface area contributed by atoms with Crippen molar-refractivity contribution in [1.82, 2.24) is 19.8 Å². The first-order valence-electron chi connectivity index (χ1n) is 10.7. The molecule has 7 nitrogen and oxygen atoms in total. The first-order chi connectivity index (χ1) is 15.0. The van der Waals surface area contributed by atoms with Crippen molar-refractivity contribution in [2.75, 3.05) is 25.4 Å². The fraction of sp³-hybridized carbons (Fsp3) is 0.500. The molecule has 0 aliphatic heterocycles. The van der Waals surface area contributed by atoms with Crippen LogP contribution in [0.1, 0.15) is 42.5 Å². The third kappa shape index (κ3) is 4.44. The minimum atomic E-state index is -0.0864. The molecule has 0 bridgehead atoms. The second-order valence-corrected chi connectivity index (χ2v) is 9.67. The number of hydrogen-bond donors (Lipinski definition) is 1. The molecule has 3 aromatic rings. The van der Waals surface area contributed by atoms with Gasteiger partial charge in [-0.3, -0.25) is 19.1 Å². The zero-order valence-electron chi connectivity index (χ0n) is 18.1. The molecule has 0 radical (unpaired) electrons. The van der Waals surface area contributed by atoms with Crippen molar-refractivity contribution < 1.29 is 9.21 Å². The molecule has 3 heterocycles. The fourth-order valence-corrected chi connectivity index (χ4v) is 6.29. The highest BCUT2D eigenvalue weighted by Crippen LogP contribution is 2.35. The Morgan fingerprint density at radius 1 is 1.39 bits per heavy atom. The Balaban J connectivity index is 1.42. The summed E-state index contributed by atoms with van der Waals surface area (Å²) in [6.07, 6.45) is 4.77. The van der Waals surface area contributed by atoms with E-state index < -0.39 is 0 Å². The van der Waals surface area contributed by atoms with E-state index in [2.05, 4.69) is 24.1 Å². The molecule has 1 amide bonds. The van der Waals surface area contributed by atoms with Crippen molar-refractivity contribution in [1.29, 1.82) is 0 Å². The smallest absolute Gasteiger partial charge is 0.262 e. The summed E-state index contributed by atoms with van der Waals surface area (Å²) in [5.74, 6) is 0.966. The highest BCUT2D eigenvalue weighted by molar-refractivity contribution is 7.99. The number of hydrogen-bond acceptors (Lipinski definition) is 7. The maximum absolute atomic E-state index is 12.9. The number of thioether (sulfide) groups is 1. The molecule has 3 aromatic heterocycles. The summed E-state index contributed by atoms with van der Waals surface area (Å²) >= 11 is 2.93. The highest BCUT2D eigenvalue weighted by Gasteiger charge is 2.24. The van der Waals surface area contributed by atoms with Crippen molar-refractivity contribution in [3.05, 3.63) is 45.0 Å². The van der Waals surface area contributed by atoms with Crippen LogP contribution < -0.4 is 10.9 Å². The lowest BCUT2D eigenvalue weighted by Crippen LogP contribution is -2.38. The van der Waals surface area contributed by atoms with Gasteiger partial charge in [0.1, 0.15) is 10.6 Å². The summed E-state index contributed by atoms with van der Waals surface area (Å²) < 4.78 is 7.17. The molecule has 0 fully saturated rings. The zero-order valence-corrected chi connectivity index (χ0v) is 19.8. The van der Waals surface area contributed by atoms with E-state index in [-0.39, 0.29) is 23.3 Å². The van der Waals surface area contributed by atoms with Gasteiger partial charge in [-0.2, -0.15) is 0 Å². The molecule has 0 spiro atoms. The maximum Gasteiger partial charge on any atom is 0.262 e. The summed E-state index contributed by atoms with van der Waals surface area (Å²) in [4.78, 5) is 34.5. The minimum Gasteiger partial charge on any atom is -0.468 e. The molecule has 1 atom stereocenters. The topological polar surface area (TPSA) is 80.4 Å².